The van der Waals surface area contributed by atoms with E-state index in [9.17, 15) is 0 Å². The second-order valence-electron chi connectivity index (χ2n) is 11.1. The molecule has 49 heavy (non-hydrogen) atoms. The number of hydrogen-bond acceptors (Lipinski definition) is 6. The smallest absolute Gasteiger partial charge is 0.238 e. The summed E-state index contributed by atoms with van der Waals surface area (Å²) in [4.78, 5) is 3.40. The standard InChI is InChI=1S/C42H39O6S/c1-31(43-34-13-7-4-8-14-34)46-37-19-25-40(26-20-37)49(41-27-21-38(22-28-41)47-32(2)44-35-15-9-5-10-16-35)42-29-23-39(24-30-42)48-33(3)45-36-17-11-6-12-18-36/h4-33H,1-3H3/q+1. The van der Waals surface area contributed by atoms with Crippen LogP contribution in [-0.2, 0) is 10.9 Å². The Bertz CT molecular complexity index is 1610. The molecule has 0 radical (unpaired) electrons. The van der Waals surface area contributed by atoms with E-state index in [0.29, 0.717) is 0 Å². The van der Waals surface area contributed by atoms with E-state index in [1.165, 1.54) is 0 Å². The van der Waals surface area contributed by atoms with Crippen LogP contribution in [0.2, 0.25) is 0 Å². The fourth-order valence-corrected chi connectivity index (χ4v) is 7.13. The van der Waals surface area contributed by atoms with Crippen LogP contribution < -0.4 is 28.4 Å². The van der Waals surface area contributed by atoms with Crippen molar-refractivity contribution in [3.63, 3.8) is 0 Å². The van der Waals surface area contributed by atoms with E-state index in [1.54, 1.807) is 0 Å². The molecule has 0 fully saturated rings. The van der Waals surface area contributed by atoms with E-state index >= 15 is 0 Å². The molecule has 0 aromatic heterocycles. The number of rotatable bonds is 15. The molecule has 6 nitrogen and oxygen atoms in total. The molecule has 0 amide bonds. The van der Waals surface area contributed by atoms with Gasteiger partial charge in [-0.05, 0) is 109 Å². The van der Waals surface area contributed by atoms with Crippen molar-refractivity contribution in [2.24, 2.45) is 0 Å². The third kappa shape index (κ3) is 9.75. The summed E-state index contributed by atoms with van der Waals surface area (Å²) in [5, 5.41) is 0. The van der Waals surface area contributed by atoms with Crippen LogP contribution in [0.1, 0.15) is 20.8 Å². The lowest BCUT2D eigenvalue weighted by Crippen LogP contribution is -2.19. The van der Waals surface area contributed by atoms with E-state index in [2.05, 4.69) is 36.4 Å². The summed E-state index contributed by atoms with van der Waals surface area (Å²) < 4.78 is 36.0. The van der Waals surface area contributed by atoms with Gasteiger partial charge in [0.15, 0.2) is 14.7 Å². The molecule has 6 aromatic carbocycles. The Hall–Kier alpha value is -5.53. The molecule has 7 heteroatoms. The molecule has 0 bridgehead atoms. The van der Waals surface area contributed by atoms with Crippen molar-refractivity contribution in [3.8, 4) is 34.5 Å². The molecule has 0 saturated carbocycles. The van der Waals surface area contributed by atoms with Crippen LogP contribution in [0.15, 0.2) is 178 Å². The van der Waals surface area contributed by atoms with Gasteiger partial charge in [-0.15, -0.1) is 0 Å². The van der Waals surface area contributed by atoms with Crippen molar-refractivity contribution < 1.29 is 28.4 Å². The van der Waals surface area contributed by atoms with E-state index < -0.39 is 29.8 Å². The third-order valence-corrected chi connectivity index (χ3v) is 9.45. The van der Waals surface area contributed by atoms with Gasteiger partial charge < -0.3 is 28.4 Å². The second kappa shape index (κ2) is 16.5. The van der Waals surface area contributed by atoms with E-state index in [4.69, 9.17) is 28.4 Å². The highest BCUT2D eigenvalue weighted by Gasteiger charge is 2.29. The first-order valence-electron chi connectivity index (χ1n) is 16.2. The fourth-order valence-electron chi connectivity index (χ4n) is 5.09. The molecule has 0 aliphatic rings. The Labute approximate surface area is 291 Å². The first kappa shape index (κ1) is 33.4. The summed E-state index contributed by atoms with van der Waals surface area (Å²) in [5.74, 6) is 4.45. The summed E-state index contributed by atoms with van der Waals surface area (Å²) >= 11 is 0. The minimum Gasteiger partial charge on any atom is -0.455 e. The van der Waals surface area contributed by atoms with Crippen LogP contribution >= 0.6 is 0 Å². The minimum absolute atomic E-state index is 0.432. The molecule has 6 rings (SSSR count). The lowest BCUT2D eigenvalue weighted by atomic mass is 10.3. The molecule has 3 atom stereocenters. The monoisotopic (exact) mass is 671 g/mol. The molecule has 0 spiro atoms. The molecule has 6 aromatic rings. The quantitative estimate of drug-likeness (QED) is 0.0800. The fraction of sp³-hybridized carbons (Fsp3) is 0.143. The van der Waals surface area contributed by atoms with Gasteiger partial charge in [-0.25, -0.2) is 0 Å². The number of benzene rings is 6. The normalized spacial score (nSPS) is 13.3. The maximum atomic E-state index is 6.08. The zero-order valence-electron chi connectivity index (χ0n) is 27.7. The summed E-state index contributed by atoms with van der Waals surface area (Å²) in [6.45, 7) is 5.66. The lowest BCUT2D eigenvalue weighted by molar-refractivity contribution is 0.0219. The third-order valence-electron chi connectivity index (χ3n) is 7.22. The predicted molar refractivity (Wildman–Crippen MR) is 193 cm³/mol. The van der Waals surface area contributed by atoms with Crippen LogP contribution in [0.3, 0.4) is 0 Å². The SMILES string of the molecule is CC(Oc1ccccc1)Oc1ccc([S+](c2ccc(OC(C)Oc3ccccc3)cc2)c2ccc(OC(C)Oc3ccccc3)cc2)cc1. The highest BCUT2D eigenvalue weighted by Crippen LogP contribution is 2.34. The van der Waals surface area contributed by atoms with Crippen LogP contribution in [-0.4, -0.2) is 18.9 Å². The molecular formula is C42H39O6S+. The molecule has 0 N–H and O–H groups in total. The predicted octanol–water partition coefficient (Wildman–Crippen LogP) is 10.2. The first-order chi connectivity index (χ1) is 24.0. The Morgan fingerprint density at radius 2 is 0.490 bits per heavy atom. The molecule has 0 aliphatic carbocycles. The largest absolute Gasteiger partial charge is 0.455 e. The van der Waals surface area contributed by atoms with Gasteiger partial charge in [0.05, 0.1) is 10.9 Å². The Kier molecular flexibility index (Phi) is 11.3. The average Bonchev–Trinajstić information content (AvgIpc) is 3.12. The average molecular weight is 672 g/mol. The Balaban J connectivity index is 1.19. The van der Waals surface area contributed by atoms with Gasteiger partial charge in [-0.3, -0.25) is 0 Å². The van der Waals surface area contributed by atoms with Gasteiger partial charge in [0.25, 0.3) is 0 Å². The number of para-hydroxylation sites is 3. The van der Waals surface area contributed by atoms with E-state index in [0.717, 1.165) is 49.2 Å². The molecule has 0 aliphatic heterocycles. The maximum Gasteiger partial charge on any atom is 0.238 e. The van der Waals surface area contributed by atoms with E-state index in [-0.39, 0.29) is 0 Å². The van der Waals surface area contributed by atoms with Crippen molar-refractivity contribution in [2.45, 2.75) is 54.3 Å². The van der Waals surface area contributed by atoms with Gasteiger partial charge in [0.2, 0.25) is 18.9 Å². The van der Waals surface area contributed by atoms with Crippen molar-refractivity contribution in [1.29, 1.82) is 0 Å². The van der Waals surface area contributed by atoms with Crippen molar-refractivity contribution >= 4 is 10.9 Å². The van der Waals surface area contributed by atoms with Crippen LogP contribution in [0.4, 0.5) is 0 Å². The zero-order valence-corrected chi connectivity index (χ0v) is 28.5. The summed E-state index contributed by atoms with van der Waals surface area (Å²) in [6.07, 6.45) is -1.35. The van der Waals surface area contributed by atoms with Gasteiger partial charge >= 0.3 is 0 Å². The molecule has 3 unspecified atom stereocenters. The topological polar surface area (TPSA) is 55.4 Å². The van der Waals surface area contributed by atoms with E-state index in [1.807, 2.05) is 148 Å². The highest BCUT2D eigenvalue weighted by molar-refractivity contribution is 7.97. The molecule has 0 heterocycles. The van der Waals surface area contributed by atoms with Gasteiger partial charge in [0, 0.05) is 20.8 Å². The van der Waals surface area contributed by atoms with Crippen LogP contribution in [0.25, 0.3) is 0 Å². The first-order valence-corrected chi connectivity index (χ1v) is 17.4. The molecular weight excluding hydrogens is 633 g/mol. The minimum atomic E-state index is -0.451. The highest BCUT2D eigenvalue weighted by atomic mass is 32.2. The number of ether oxygens (including phenoxy) is 6. The summed E-state index contributed by atoms with van der Waals surface area (Å²) in [6, 6.07) is 53.5. The molecule has 248 valence electrons. The maximum absolute atomic E-state index is 6.08. The summed E-state index contributed by atoms with van der Waals surface area (Å²) in [7, 11) is -0.432. The Morgan fingerprint density at radius 3 is 0.714 bits per heavy atom. The summed E-state index contributed by atoms with van der Waals surface area (Å²) in [5.41, 5.74) is 0. The van der Waals surface area contributed by atoms with Gasteiger partial charge in [-0.2, -0.15) is 0 Å². The van der Waals surface area contributed by atoms with Gasteiger partial charge in [-0.1, -0.05) is 54.6 Å². The van der Waals surface area contributed by atoms with Crippen molar-refractivity contribution in [3.05, 3.63) is 164 Å². The molecule has 0 saturated heterocycles. The van der Waals surface area contributed by atoms with Crippen molar-refractivity contribution in [2.75, 3.05) is 0 Å². The van der Waals surface area contributed by atoms with Crippen LogP contribution in [0, 0.1) is 0 Å². The lowest BCUT2D eigenvalue weighted by Gasteiger charge is -2.18. The van der Waals surface area contributed by atoms with Gasteiger partial charge in [0.1, 0.15) is 34.5 Å². The van der Waals surface area contributed by atoms with Crippen molar-refractivity contribution in [1.82, 2.24) is 0 Å². The van der Waals surface area contributed by atoms with Crippen LogP contribution in [0.5, 0.6) is 34.5 Å². The second-order valence-corrected chi connectivity index (χ2v) is 13.1. The number of hydrogen-bond donors (Lipinski definition) is 0. The Morgan fingerprint density at radius 1 is 0.286 bits per heavy atom. The zero-order chi connectivity index (χ0) is 33.8.